The first-order chi connectivity index (χ1) is 12.1. The van der Waals surface area contributed by atoms with E-state index < -0.39 is 29.6 Å². The van der Waals surface area contributed by atoms with Gasteiger partial charge in [-0.2, -0.15) is 0 Å². The van der Waals surface area contributed by atoms with E-state index in [-0.39, 0.29) is 17.0 Å². The highest BCUT2D eigenvalue weighted by Crippen LogP contribution is 2.83. The van der Waals surface area contributed by atoms with E-state index in [1.54, 1.807) is 0 Å². The van der Waals surface area contributed by atoms with Crippen LogP contribution in [-0.2, 0) is 18.8 Å². The highest BCUT2D eigenvalue weighted by atomic mass is 31.2. The molecule has 6 nitrogen and oxygen atoms in total. The van der Waals surface area contributed by atoms with E-state index in [1.807, 2.05) is 27.7 Å². The van der Waals surface area contributed by atoms with Gasteiger partial charge in [-0.3, -0.25) is 9.14 Å². The smallest absolute Gasteiger partial charge is 0.308 e. The van der Waals surface area contributed by atoms with Crippen LogP contribution in [0.25, 0.3) is 0 Å². The third-order valence-electron chi connectivity index (χ3n) is 8.72. The highest BCUT2D eigenvalue weighted by Gasteiger charge is 2.82. The van der Waals surface area contributed by atoms with Gasteiger partial charge in [-0.05, 0) is 47.5 Å². The molecule has 7 heteroatoms. The van der Waals surface area contributed by atoms with Gasteiger partial charge in [-0.1, -0.05) is 13.8 Å². The number of hydrogen-bond donors (Lipinski definition) is 0. The molecular formula is C20H34N2O4P+. The summed E-state index contributed by atoms with van der Waals surface area (Å²) in [6.07, 6.45) is 5.22. The average Bonchev–Trinajstić information content (AvgIpc) is 2.60. The average molecular weight is 397 g/mol. The third-order valence-corrected chi connectivity index (χ3v) is 12.8. The number of ether oxygens (including phenoxy) is 3. The molecule has 6 aliphatic rings. The van der Waals surface area contributed by atoms with Crippen molar-refractivity contribution in [3.05, 3.63) is 0 Å². The van der Waals surface area contributed by atoms with Crippen LogP contribution in [0.3, 0.4) is 0 Å². The summed E-state index contributed by atoms with van der Waals surface area (Å²) in [6, 6.07) is 0.212. The van der Waals surface area contributed by atoms with E-state index in [0.717, 1.165) is 12.8 Å². The molecule has 27 heavy (non-hydrogen) atoms. The molecule has 6 bridgehead atoms. The minimum atomic E-state index is -3.10. The zero-order chi connectivity index (χ0) is 19.9. The predicted molar refractivity (Wildman–Crippen MR) is 103 cm³/mol. The normalized spacial score (nSPS) is 60.7. The van der Waals surface area contributed by atoms with Crippen molar-refractivity contribution in [2.45, 2.75) is 108 Å². The highest BCUT2D eigenvalue weighted by molar-refractivity contribution is 7.65. The van der Waals surface area contributed by atoms with Crippen LogP contribution in [-0.4, -0.2) is 56.5 Å². The lowest BCUT2D eigenvalue weighted by Gasteiger charge is -2.69. The monoisotopic (exact) mass is 397 g/mol. The van der Waals surface area contributed by atoms with Crippen molar-refractivity contribution < 1.29 is 23.4 Å². The fraction of sp³-hybridized carbons (Fsp3) is 0.950. The number of hydrogen-bond acceptors (Lipinski definition) is 4. The van der Waals surface area contributed by atoms with Crippen molar-refractivity contribution in [2.75, 3.05) is 7.05 Å². The first-order valence-corrected chi connectivity index (χ1v) is 11.9. The maximum atomic E-state index is 15.1. The molecule has 0 aromatic rings. The molecule has 5 heterocycles. The molecule has 0 aromatic heterocycles. The molecule has 4 saturated heterocycles. The Morgan fingerprint density at radius 1 is 0.963 bits per heavy atom. The van der Waals surface area contributed by atoms with Crippen LogP contribution in [0.4, 0.5) is 0 Å². The minimum absolute atomic E-state index is 0.0135. The van der Waals surface area contributed by atoms with Gasteiger partial charge < -0.3 is 14.2 Å². The van der Waals surface area contributed by atoms with Gasteiger partial charge in [0.15, 0.2) is 22.3 Å². The Morgan fingerprint density at radius 3 is 2.00 bits per heavy atom. The third kappa shape index (κ3) is 1.81. The molecule has 0 amide bonds. The summed E-state index contributed by atoms with van der Waals surface area (Å²) in [6.45, 7) is 15.0. The molecule has 0 spiro atoms. The van der Waals surface area contributed by atoms with Crippen molar-refractivity contribution in [1.82, 2.24) is 4.67 Å². The quantitative estimate of drug-likeness (QED) is 0.496. The van der Waals surface area contributed by atoms with Crippen molar-refractivity contribution in [2.24, 2.45) is 5.41 Å². The molecule has 1 saturated carbocycles. The minimum Gasteiger partial charge on any atom is -0.332 e. The molecule has 1 aliphatic carbocycles. The Hall–Kier alpha value is -0.420. The molecule has 0 N–H and O–H groups in total. The van der Waals surface area contributed by atoms with E-state index in [9.17, 15) is 0 Å². The van der Waals surface area contributed by atoms with E-state index >= 15 is 4.57 Å². The van der Waals surface area contributed by atoms with Crippen LogP contribution >= 0.6 is 7.29 Å². The van der Waals surface area contributed by atoms with Crippen LogP contribution in [0.15, 0.2) is 0 Å². The summed E-state index contributed by atoms with van der Waals surface area (Å²) in [5.74, 6) is -1.49. The van der Waals surface area contributed by atoms with Crippen molar-refractivity contribution in [1.29, 1.82) is 0 Å². The first kappa shape index (κ1) is 18.6. The summed E-state index contributed by atoms with van der Waals surface area (Å²) >= 11 is 0. The molecule has 0 radical (unpaired) electrons. The van der Waals surface area contributed by atoms with Gasteiger partial charge in [0.2, 0.25) is 6.34 Å². The topological polar surface area (TPSA) is 51.0 Å². The van der Waals surface area contributed by atoms with E-state index in [4.69, 9.17) is 14.2 Å². The summed E-state index contributed by atoms with van der Waals surface area (Å²) in [5, 5.41) is -1.58. The van der Waals surface area contributed by atoms with Gasteiger partial charge in [0, 0.05) is 18.3 Å². The summed E-state index contributed by atoms with van der Waals surface area (Å²) < 4.78 is 38.7. The molecule has 0 unspecified atom stereocenters. The van der Waals surface area contributed by atoms with Crippen LogP contribution in [0.5, 0.6) is 0 Å². The Balaban J connectivity index is 1.71. The molecule has 0 aromatic carbocycles. The predicted octanol–water partition coefficient (Wildman–Crippen LogP) is 3.93. The molecule has 5 aliphatic heterocycles. The first-order valence-electron chi connectivity index (χ1n) is 10.2. The van der Waals surface area contributed by atoms with Gasteiger partial charge in [-0.25, -0.2) is 4.67 Å². The Labute approximate surface area is 162 Å². The van der Waals surface area contributed by atoms with Gasteiger partial charge in [-0.15, -0.1) is 0 Å². The van der Waals surface area contributed by atoms with Crippen LogP contribution in [0.1, 0.15) is 74.1 Å². The number of fused-ring (bicyclic) bond motifs is 2. The van der Waals surface area contributed by atoms with Crippen molar-refractivity contribution in [3.8, 4) is 0 Å². The van der Waals surface area contributed by atoms with Crippen LogP contribution < -0.4 is 0 Å². The largest absolute Gasteiger partial charge is 0.332 e. The molecule has 5 fully saturated rings. The van der Waals surface area contributed by atoms with E-state index in [2.05, 4.69) is 43.4 Å². The molecule has 6 atom stereocenters. The number of nitrogens with zero attached hydrogens (tertiary/aromatic N) is 2. The van der Waals surface area contributed by atoms with Gasteiger partial charge in [0.1, 0.15) is 11.6 Å². The molecule has 152 valence electrons. The Kier molecular flexibility index (Phi) is 3.10. The van der Waals surface area contributed by atoms with Crippen LogP contribution in [0, 0.1) is 5.41 Å². The maximum absolute atomic E-state index is 15.1. The van der Waals surface area contributed by atoms with Crippen LogP contribution in [0.2, 0.25) is 0 Å². The SMILES string of the molecule is C[N+]1=CN(P2(=O)[C@@]3(C)C[C@]4(C)O[C@@](C)(C[C@@]2(C)O4)O3)[C@H]2CC[C@]1(C)C2(C)C. The summed E-state index contributed by atoms with van der Waals surface area (Å²) in [7, 11) is -0.978. The standard InChI is InChI=1S/C20H34N2O4P/c1-15(2)14-9-10-16(15,3)21(8)13-22(14)27(23)19(6)11-17(4)24-18(5,26-19)12-20(27,7)25-17/h13-14H,9-12H2,1-8H3/q+1/t14-,16+,17+,18+,19-,20-/m0/s1. The zero-order valence-electron chi connectivity index (χ0n) is 18.0. The molecular weight excluding hydrogens is 363 g/mol. The Bertz CT molecular complexity index is 775. The lowest BCUT2D eigenvalue weighted by molar-refractivity contribution is -0.601. The molecule has 6 rings (SSSR count). The number of rotatable bonds is 1. The fourth-order valence-corrected chi connectivity index (χ4v) is 12.1. The Morgan fingerprint density at radius 2 is 1.48 bits per heavy atom. The van der Waals surface area contributed by atoms with Gasteiger partial charge in [0.05, 0.1) is 7.05 Å². The maximum Gasteiger partial charge on any atom is 0.308 e. The second kappa shape index (κ2) is 4.50. The van der Waals surface area contributed by atoms with E-state index in [1.165, 1.54) is 0 Å². The lowest BCUT2D eigenvalue weighted by Crippen LogP contribution is -2.75. The second-order valence-corrected chi connectivity index (χ2v) is 14.5. The fourth-order valence-electron chi connectivity index (χ4n) is 7.37. The van der Waals surface area contributed by atoms with Crippen molar-refractivity contribution in [3.63, 3.8) is 0 Å². The lowest BCUT2D eigenvalue weighted by atomic mass is 9.73. The van der Waals surface area contributed by atoms with Gasteiger partial charge in [0.25, 0.3) is 0 Å². The summed E-state index contributed by atoms with van der Waals surface area (Å²) in [4.78, 5) is 0. The van der Waals surface area contributed by atoms with E-state index in [0.29, 0.717) is 12.8 Å². The summed E-state index contributed by atoms with van der Waals surface area (Å²) in [5.41, 5.74) is 0.0879. The zero-order valence-corrected chi connectivity index (χ0v) is 18.9. The second-order valence-electron chi connectivity index (χ2n) is 11.0. The van der Waals surface area contributed by atoms with Crippen molar-refractivity contribution >= 4 is 13.6 Å². The van der Waals surface area contributed by atoms with Gasteiger partial charge >= 0.3 is 7.29 Å².